The second-order valence-electron chi connectivity index (χ2n) is 3.96. The number of nitrogens with one attached hydrogen (secondary N) is 2. The Morgan fingerprint density at radius 3 is 2.33 bits per heavy atom. The zero-order valence-electron chi connectivity index (χ0n) is 10.6. The molecule has 2 N–H and O–H groups in total. The number of amides is 2. The highest BCUT2D eigenvalue weighted by Crippen LogP contribution is 2.12. The van der Waals surface area contributed by atoms with Crippen LogP contribution in [0.15, 0.2) is 48.8 Å². The van der Waals surface area contributed by atoms with Gasteiger partial charge >= 0.3 is 0 Å². The van der Waals surface area contributed by atoms with Crippen molar-refractivity contribution < 1.29 is 14.5 Å². The van der Waals surface area contributed by atoms with E-state index in [0.29, 0.717) is 0 Å². The first kappa shape index (κ1) is 14.1. The number of non-ortho nitro benzene ring substituents is 1. The Morgan fingerprint density at radius 1 is 1.05 bits per heavy atom. The van der Waals surface area contributed by atoms with E-state index in [1.54, 1.807) is 6.07 Å². The number of hydrazine groups is 1. The molecule has 106 valence electrons. The average Bonchev–Trinajstić information content (AvgIpc) is 2.53. The zero-order valence-corrected chi connectivity index (χ0v) is 10.6. The lowest BCUT2D eigenvalue weighted by atomic mass is 10.2. The first-order chi connectivity index (χ1) is 10.1. The predicted molar refractivity (Wildman–Crippen MR) is 72.3 cm³/mol. The van der Waals surface area contributed by atoms with Crippen LogP contribution in [0.3, 0.4) is 0 Å². The summed E-state index contributed by atoms with van der Waals surface area (Å²) < 4.78 is 0. The van der Waals surface area contributed by atoms with Gasteiger partial charge in [0.25, 0.3) is 17.5 Å². The SMILES string of the molecule is O=C(NNC(=O)c1cccc([N+](=O)[O-])c1)c1cccnc1. The fourth-order valence-corrected chi connectivity index (χ4v) is 1.52. The van der Waals surface area contributed by atoms with Gasteiger partial charge in [-0.25, -0.2) is 0 Å². The van der Waals surface area contributed by atoms with Crippen LogP contribution in [0, 0.1) is 10.1 Å². The van der Waals surface area contributed by atoms with Crippen molar-refractivity contribution in [2.75, 3.05) is 0 Å². The number of hydrogen-bond donors (Lipinski definition) is 2. The molecular formula is C13H10N4O4. The second-order valence-corrected chi connectivity index (χ2v) is 3.96. The van der Waals surface area contributed by atoms with Crippen molar-refractivity contribution in [2.45, 2.75) is 0 Å². The van der Waals surface area contributed by atoms with Gasteiger partial charge in [0, 0.05) is 30.1 Å². The Balaban J connectivity index is 2.01. The van der Waals surface area contributed by atoms with Crippen LogP contribution < -0.4 is 10.9 Å². The third-order valence-corrected chi connectivity index (χ3v) is 2.53. The van der Waals surface area contributed by atoms with Crippen LogP contribution in [0.2, 0.25) is 0 Å². The number of nitro groups is 1. The summed E-state index contributed by atoms with van der Waals surface area (Å²) in [7, 11) is 0. The molecule has 0 spiro atoms. The molecule has 0 radical (unpaired) electrons. The summed E-state index contributed by atoms with van der Waals surface area (Å²) in [5.74, 6) is -1.20. The highest BCUT2D eigenvalue weighted by atomic mass is 16.6. The molecule has 2 aromatic rings. The summed E-state index contributed by atoms with van der Waals surface area (Å²) in [6, 6.07) is 8.28. The molecule has 0 atom stereocenters. The zero-order chi connectivity index (χ0) is 15.2. The molecule has 2 amide bonds. The minimum Gasteiger partial charge on any atom is -0.267 e. The van der Waals surface area contributed by atoms with Gasteiger partial charge in [-0.1, -0.05) is 6.07 Å². The normalized spacial score (nSPS) is 9.71. The van der Waals surface area contributed by atoms with Crippen molar-refractivity contribution >= 4 is 17.5 Å². The van der Waals surface area contributed by atoms with Crippen molar-refractivity contribution in [3.63, 3.8) is 0 Å². The molecule has 8 nitrogen and oxygen atoms in total. The fourth-order valence-electron chi connectivity index (χ4n) is 1.52. The molecule has 21 heavy (non-hydrogen) atoms. The molecule has 1 aromatic carbocycles. The van der Waals surface area contributed by atoms with Crippen molar-refractivity contribution in [3.8, 4) is 0 Å². The molecule has 0 saturated carbocycles. The maximum Gasteiger partial charge on any atom is 0.271 e. The molecule has 0 saturated heterocycles. The van der Waals surface area contributed by atoms with E-state index in [0.717, 1.165) is 6.07 Å². The van der Waals surface area contributed by atoms with E-state index in [4.69, 9.17) is 0 Å². The van der Waals surface area contributed by atoms with E-state index in [1.807, 2.05) is 0 Å². The van der Waals surface area contributed by atoms with Crippen molar-refractivity contribution in [2.24, 2.45) is 0 Å². The summed E-state index contributed by atoms with van der Waals surface area (Å²) in [6.45, 7) is 0. The van der Waals surface area contributed by atoms with E-state index >= 15 is 0 Å². The summed E-state index contributed by atoms with van der Waals surface area (Å²) in [6.07, 6.45) is 2.85. The number of carbonyl (C=O) groups excluding carboxylic acids is 2. The van der Waals surface area contributed by atoms with Gasteiger partial charge in [0.1, 0.15) is 0 Å². The third-order valence-electron chi connectivity index (χ3n) is 2.53. The van der Waals surface area contributed by atoms with Crippen LogP contribution in [0.5, 0.6) is 0 Å². The number of benzene rings is 1. The molecule has 0 aliphatic heterocycles. The molecule has 0 aliphatic rings. The standard InChI is InChI=1S/C13H10N4O4/c18-12(9-3-1-5-11(7-9)17(20)21)15-16-13(19)10-4-2-6-14-8-10/h1-8H,(H,15,18)(H,16,19). The minimum atomic E-state index is -0.657. The summed E-state index contributed by atoms with van der Waals surface area (Å²) in [4.78, 5) is 37.3. The van der Waals surface area contributed by atoms with Gasteiger partial charge in [0.05, 0.1) is 10.5 Å². The van der Waals surface area contributed by atoms with Gasteiger partial charge in [-0.05, 0) is 18.2 Å². The Morgan fingerprint density at radius 2 is 1.71 bits per heavy atom. The Hall–Kier alpha value is -3.29. The van der Waals surface area contributed by atoms with E-state index in [9.17, 15) is 19.7 Å². The number of aromatic nitrogens is 1. The van der Waals surface area contributed by atoms with Gasteiger partial charge in [-0.2, -0.15) is 0 Å². The van der Waals surface area contributed by atoms with Gasteiger partial charge < -0.3 is 0 Å². The first-order valence-corrected chi connectivity index (χ1v) is 5.83. The van der Waals surface area contributed by atoms with Gasteiger partial charge in [-0.3, -0.25) is 35.5 Å². The fraction of sp³-hybridized carbons (Fsp3) is 0. The molecule has 0 unspecified atom stereocenters. The summed E-state index contributed by atoms with van der Waals surface area (Å²) in [5.41, 5.74) is 4.51. The minimum absolute atomic E-state index is 0.0655. The highest BCUT2D eigenvalue weighted by Gasteiger charge is 2.12. The Labute approximate surface area is 118 Å². The smallest absolute Gasteiger partial charge is 0.267 e. The first-order valence-electron chi connectivity index (χ1n) is 5.83. The van der Waals surface area contributed by atoms with Crippen LogP contribution in [0.1, 0.15) is 20.7 Å². The predicted octanol–water partition coefficient (Wildman–Crippen LogP) is 1.06. The van der Waals surface area contributed by atoms with Crippen LogP contribution in [-0.4, -0.2) is 21.7 Å². The lowest BCUT2D eigenvalue weighted by Gasteiger charge is -2.07. The van der Waals surface area contributed by atoms with Crippen molar-refractivity contribution in [1.82, 2.24) is 15.8 Å². The number of rotatable bonds is 3. The van der Waals surface area contributed by atoms with Crippen LogP contribution in [-0.2, 0) is 0 Å². The van der Waals surface area contributed by atoms with Crippen molar-refractivity contribution in [3.05, 3.63) is 70.0 Å². The number of carbonyl (C=O) groups is 2. The van der Waals surface area contributed by atoms with E-state index < -0.39 is 16.7 Å². The molecular weight excluding hydrogens is 276 g/mol. The maximum atomic E-state index is 11.8. The molecule has 1 heterocycles. The summed E-state index contributed by atoms with van der Waals surface area (Å²) >= 11 is 0. The molecule has 0 aliphatic carbocycles. The molecule has 0 bridgehead atoms. The van der Waals surface area contributed by atoms with E-state index in [1.165, 1.54) is 36.7 Å². The average molecular weight is 286 g/mol. The molecule has 8 heteroatoms. The largest absolute Gasteiger partial charge is 0.271 e. The third kappa shape index (κ3) is 3.60. The van der Waals surface area contributed by atoms with Crippen LogP contribution >= 0.6 is 0 Å². The van der Waals surface area contributed by atoms with Crippen LogP contribution in [0.25, 0.3) is 0 Å². The van der Waals surface area contributed by atoms with Gasteiger partial charge in [0.2, 0.25) is 0 Å². The molecule has 2 rings (SSSR count). The van der Waals surface area contributed by atoms with Gasteiger partial charge in [-0.15, -0.1) is 0 Å². The lowest BCUT2D eigenvalue weighted by molar-refractivity contribution is -0.384. The second kappa shape index (κ2) is 6.24. The number of hydrogen-bond acceptors (Lipinski definition) is 5. The molecule has 0 fully saturated rings. The number of nitrogens with zero attached hydrogens (tertiary/aromatic N) is 2. The number of nitro benzene ring substituents is 1. The van der Waals surface area contributed by atoms with E-state index in [-0.39, 0.29) is 16.8 Å². The highest BCUT2D eigenvalue weighted by molar-refractivity contribution is 5.99. The van der Waals surface area contributed by atoms with Crippen molar-refractivity contribution in [1.29, 1.82) is 0 Å². The Bertz CT molecular complexity index is 688. The summed E-state index contributed by atoms with van der Waals surface area (Å²) in [5, 5.41) is 10.6. The lowest BCUT2D eigenvalue weighted by Crippen LogP contribution is -2.41. The number of pyridine rings is 1. The monoisotopic (exact) mass is 286 g/mol. The maximum absolute atomic E-state index is 11.8. The topological polar surface area (TPSA) is 114 Å². The quantitative estimate of drug-likeness (QED) is 0.647. The molecule has 1 aromatic heterocycles. The van der Waals surface area contributed by atoms with Gasteiger partial charge in [0.15, 0.2) is 0 Å². The van der Waals surface area contributed by atoms with Crippen LogP contribution in [0.4, 0.5) is 5.69 Å². The van der Waals surface area contributed by atoms with E-state index in [2.05, 4.69) is 15.8 Å². The Kier molecular flexibility index (Phi) is 4.20.